The van der Waals surface area contributed by atoms with Gasteiger partial charge in [-0.05, 0) is 35.7 Å². The molecule has 0 aliphatic heterocycles. The Morgan fingerprint density at radius 1 is 1.20 bits per heavy atom. The average molecular weight is 271 g/mol. The van der Waals surface area contributed by atoms with Gasteiger partial charge in [-0.25, -0.2) is 4.39 Å². The minimum Gasteiger partial charge on any atom is -0.486 e. The van der Waals surface area contributed by atoms with E-state index in [1.165, 1.54) is 6.07 Å². The van der Waals surface area contributed by atoms with Crippen molar-refractivity contribution in [2.75, 3.05) is 6.54 Å². The Bertz CT molecular complexity index is 570. The van der Waals surface area contributed by atoms with Crippen LogP contribution in [0.5, 0.6) is 5.75 Å². The van der Waals surface area contributed by atoms with Gasteiger partial charge in [-0.3, -0.25) is 0 Å². The van der Waals surface area contributed by atoms with E-state index in [1.54, 1.807) is 12.2 Å². The monoisotopic (exact) mass is 271 g/mol. The number of nitrogens with two attached hydrogens (primary N) is 1. The maximum absolute atomic E-state index is 14.1. The van der Waals surface area contributed by atoms with Gasteiger partial charge in [-0.2, -0.15) is 0 Å². The third kappa shape index (κ3) is 3.68. The SMILES string of the molecule is Cc1cc(/C=C/CN)cc(F)c1OCc1ccccc1. The first-order chi connectivity index (χ1) is 9.70. The first kappa shape index (κ1) is 14.3. The van der Waals surface area contributed by atoms with Crippen LogP contribution in [0.3, 0.4) is 0 Å². The van der Waals surface area contributed by atoms with Crippen LogP contribution in [0.1, 0.15) is 16.7 Å². The van der Waals surface area contributed by atoms with E-state index in [0.29, 0.717) is 18.9 Å². The van der Waals surface area contributed by atoms with E-state index < -0.39 is 0 Å². The summed E-state index contributed by atoms with van der Waals surface area (Å²) in [5.74, 6) is -0.0450. The van der Waals surface area contributed by atoms with Crippen molar-refractivity contribution < 1.29 is 9.13 Å². The third-order valence-electron chi connectivity index (χ3n) is 2.92. The largest absolute Gasteiger partial charge is 0.486 e. The minimum atomic E-state index is -0.349. The molecule has 2 N–H and O–H groups in total. The number of aryl methyl sites for hydroxylation is 1. The predicted octanol–water partition coefficient (Wildman–Crippen LogP) is 3.69. The van der Waals surface area contributed by atoms with Crippen molar-refractivity contribution in [2.45, 2.75) is 13.5 Å². The van der Waals surface area contributed by atoms with Crippen LogP contribution in [0.25, 0.3) is 6.08 Å². The number of rotatable bonds is 5. The summed E-state index contributed by atoms with van der Waals surface area (Å²) in [6.45, 7) is 2.63. The van der Waals surface area contributed by atoms with Crippen molar-refractivity contribution in [3.05, 3.63) is 71.0 Å². The summed E-state index contributed by atoms with van der Waals surface area (Å²) in [5, 5.41) is 0. The zero-order chi connectivity index (χ0) is 14.4. The number of hydrogen-bond donors (Lipinski definition) is 1. The Morgan fingerprint density at radius 3 is 2.60 bits per heavy atom. The van der Waals surface area contributed by atoms with E-state index in [1.807, 2.05) is 43.3 Å². The Kier molecular flexibility index (Phi) is 4.91. The lowest BCUT2D eigenvalue weighted by Crippen LogP contribution is -2.00. The first-order valence-electron chi connectivity index (χ1n) is 6.54. The third-order valence-corrected chi connectivity index (χ3v) is 2.92. The second kappa shape index (κ2) is 6.87. The van der Waals surface area contributed by atoms with Crippen molar-refractivity contribution in [2.24, 2.45) is 5.73 Å². The summed E-state index contributed by atoms with van der Waals surface area (Å²) >= 11 is 0. The Morgan fingerprint density at radius 2 is 1.95 bits per heavy atom. The molecule has 0 atom stereocenters. The molecular formula is C17H18FNO. The molecule has 0 heterocycles. The molecule has 0 aliphatic carbocycles. The number of hydrogen-bond acceptors (Lipinski definition) is 2. The zero-order valence-electron chi connectivity index (χ0n) is 11.5. The van der Waals surface area contributed by atoms with Gasteiger partial charge in [0, 0.05) is 6.54 Å². The molecule has 2 nitrogen and oxygen atoms in total. The maximum atomic E-state index is 14.1. The molecule has 0 saturated carbocycles. The zero-order valence-corrected chi connectivity index (χ0v) is 11.5. The molecule has 0 aromatic heterocycles. The van der Waals surface area contributed by atoms with Gasteiger partial charge in [0.05, 0.1) is 0 Å². The summed E-state index contributed by atoms with van der Waals surface area (Å²) in [6.07, 6.45) is 3.59. The summed E-state index contributed by atoms with van der Waals surface area (Å²) in [4.78, 5) is 0. The molecule has 104 valence electrons. The molecular weight excluding hydrogens is 253 g/mol. The van der Waals surface area contributed by atoms with Crippen LogP contribution in [-0.4, -0.2) is 6.54 Å². The van der Waals surface area contributed by atoms with Crippen molar-refractivity contribution in [1.82, 2.24) is 0 Å². The van der Waals surface area contributed by atoms with Gasteiger partial charge >= 0.3 is 0 Å². The van der Waals surface area contributed by atoms with Crippen LogP contribution in [0.15, 0.2) is 48.5 Å². The second-order valence-corrected chi connectivity index (χ2v) is 4.56. The van der Waals surface area contributed by atoms with Crippen molar-refractivity contribution >= 4 is 6.08 Å². The lowest BCUT2D eigenvalue weighted by Gasteiger charge is -2.11. The van der Waals surface area contributed by atoms with Gasteiger partial charge in [-0.1, -0.05) is 42.5 Å². The van der Waals surface area contributed by atoms with E-state index in [2.05, 4.69) is 0 Å². The molecule has 2 aromatic carbocycles. The molecule has 0 aliphatic rings. The smallest absolute Gasteiger partial charge is 0.165 e. The molecule has 0 fully saturated rings. The molecule has 0 amide bonds. The quantitative estimate of drug-likeness (QED) is 0.900. The lowest BCUT2D eigenvalue weighted by molar-refractivity contribution is 0.288. The van der Waals surface area contributed by atoms with E-state index in [4.69, 9.17) is 10.5 Å². The molecule has 0 bridgehead atoms. The summed E-state index contributed by atoms with van der Waals surface area (Å²) in [6, 6.07) is 13.0. The highest BCUT2D eigenvalue weighted by molar-refractivity contribution is 5.53. The number of benzene rings is 2. The van der Waals surface area contributed by atoms with Crippen LogP contribution in [0.2, 0.25) is 0 Å². The van der Waals surface area contributed by atoms with Gasteiger partial charge in [0.25, 0.3) is 0 Å². The van der Waals surface area contributed by atoms with Gasteiger partial charge < -0.3 is 10.5 Å². The molecule has 0 spiro atoms. The Hall–Kier alpha value is -2.13. The standard InChI is InChI=1S/C17H18FNO/c1-13-10-15(8-5-9-19)11-16(18)17(13)20-12-14-6-3-2-4-7-14/h2-8,10-11H,9,12,19H2,1H3/b8-5+. The van der Waals surface area contributed by atoms with E-state index >= 15 is 0 Å². The van der Waals surface area contributed by atoms with Crippen molar-refractivity contribution in [3.8, 4) is 5.75 Å². The number of halogens is 1. The average Bonchev–Trinajstić information content (AvgIpc) is 2.45. The molecule has 0 unspecified atom stereocenters. The maximum Gasteiger partial charge on any atom is 0.165 e. The molecule has 20 heavy (non-hydrogen) atoms. The molecule has 2 aromatic rings. The number of ether oxygens (including phenoxy) is 1. The van der Waals surface area contributed by atoms with Crippen LogP contribution in [0, 0.1) is 12.7 Å². The second-order valence-electron chi connectivity index (χ2n) is 4.56. The minimum absolute atomic E-state index is 0.304. The fourth-order valence-electron chi connectivity index (χ4n) is 1.97. The lowest BCUT2D eigenvalue weighted by atomic mass is 10.1. The highest BCUT2D eigenvalue weighted by Crippen LogP contribution is 2.25. The highest BCUT2D eigenvalue weighted by Gasteiger charge is 2.09. The van der Waals surface area contributed by atoms with Crippen molar-refractivity contribution in [3.63, 3.8) is 0 Å². The van der Waals surface area contributed by atoms with E-state index in [-0.39, 0.29) is 5.82 Å². The fraction of sp³-hybridized carbons (Fsp3) is 0.176. The molecule has 0 radical (unpaired) electrons. The Labute approximate surface area is 118 Å². The van der Waals surface area contributed by atoms with Gasteiger partial charge in [0.15, 0.2) is 11.6 Å². The molecule has 3 heteroatoms. The molecule has 0 saturated heterocycles. The predicted molar refractivity (Wildman–Crippen MR) is 80.0 cm³/mol. The van der Waals surface area contributed by atoms with Gasteiger partial charge in [0.1, 0.15) is 6.61 Å². The van der Waals surface area contributed by atoms with Crippen molar-refractivity contribution in [1.29, 1.82) is 0 Å². The topological polar surface area (TPSA) is 35.2 Å². The van der Waals surface area contributed by atoms with Gasteiger partial charge in [-0.15, -0.1) is 0 Å². The van der Waals surface area contributed by atoms with E-state index in [9.17, 15) is 4.39 Å². The first-order valence-corrected chi connectivity index (χ1v) is 6.54. The molecule has 2 rings (SSSR count). The van der Waals surface area contributed by atoms with Crippen LogP contribution >= 0.6 is 0 Å². The van der Waals surface area contributed by atoms with Crippen LogP contribution in [0.4, 0.5) is 4.39 Å². The summed E-state index contributed by atoms with van der Waals surface area (Å²) in [5.41, 5.74) is 7.97. The normalized spacial score (nSPS) is 10.9. The van der Waals surface area contributed by atoms with Crippen LogP contribution in [-0.2, 0) is 6.61 Å². The van der Waals surface area contributed by atoms with E-state index in [0.717, 1.165) is 16.7 Å². The Balaban J connectivity index is 2.14. The summed E-state index contributed by atoms with van der Waals surface area (Å²) in [7, 11) is 0. The summed E-state index contributed by atoms with van der Waals surface area (Å²) < 4.78 is 19.6. The fourth-order valence-corrected chi connectivity index (χ4v) is 1.97. The van der Waals surface area contributed by atoms with Crippen LogP contribution < -0.4 is 10.5 Å². The highest BCUT2D eigenvalue weighted by atomic mass is 19.1. The van der Waals surface area contributed by atoms with Gasteiger partial charge in [0.2, 0.25) is 0 Å².